The normalized spacial score (nSPS) is 10.9. The average Bonchev–Trinajstić information content (AvgIpc) is 2.91. The number of benzene rings is 2. The van der Waals surface area contributed by atoms with Gasteiger partial charge in [-0.1, -0.05) is 42.5 Å². The number of carbonyl (C=O) groups excluding carboxylic acids is 2. The summed E-state index contributed by atoms with van der Waals surface area (Å²) in [5.41, 5.74) is 1.92. The lowest BCUT2D eigenvalue weighted by atomic mass is 10.2. The van der Waals surface area contributed by atoms with E-state index in [2.05, 4.69) is 36.2 Å². The zero-order chi connectivity index (χ0) is 31.9. The second-order valence-corrected chi connectivity index (χ2v) is 11.2. The predicted molar refractivity (Wildman–Crippen MR) is 167 cm³/mol. The summed E-state index contributed by atoms with van der Waals surface area (Å²) in [5, 5.41) is 11.7. The van der Waals surface area contributed by atoms with E-state index in [4.69, 9.17) is 14.2 Å². The summed E-state index contributed by atoms with van der Waals surface area (Å²) < 4.78 is 15.7. The van der Waals surface area contributed by atoms with Crippen LogP contribution < -0.4 is 26.0 Å². The lowest BCUT2D eigenvalue weighted by Gasteiger charge is -2.19. The number of anilines is 3. The average molecular weight is 596 g/mol. The molecule has 0 aliphatic rings. The number of nitrogens with one attached hydrogen (secondary N) is 4. The standard InChI is InChI=1S/C24H30N6O3.C7H15NO2/c1-5-32-22-29-20(25-15-17-9-7-6-8-10-17)28-21(30-22)27-19-13-11-18(12-14-19)16-26-23(31)33-24(2,3)4;1-5-8-6(9)10-7(2,3)4/h6-14H,5,15-16H2,1-4H3,(H,26,31)(H2,25,27,28,29,30);5H2,1-4H3,(H,8,9). The number of nitrogens with zero attached hydrogens (tertiary/aromatic N) is 3. The van der Waals surface area contributed by atoms with Crippen LogP contribution in [0.15, 0.2) is 54.6 Å². The summed E-state index contributed by atoms with van der Waals surface area (Å²) in [4.78, 5) is 35.6. The fourth-order valence-corrected chi connectivity index (χ4v) is 3.24. The van der Waals surface area contributed by atoms with Crippen LogP contribution in [-0.4, -0.2) is 51.5 Å². The van der Waals surface area contributed by atoms with E-state index in [1.54, 1.807) is 0 Å². The first-order valence-corrected chi connectivity index (χ1v) is 14.2. The van der Waals surface area contributed by atoms with Crippen molar-refractivity contribution >= 4 is 29.8 Å². The topological polar surface area (TPSA) is 149 Å². The summed E-state index contributed by atoms with van der Waals surface area (Å²) in [6.07, 6.45) is -0.802. The van der Waals surface area contributed by atoms with Gasteiger partial charge in [-0.05, 0) is 78.6 Å². The number of amides is 2. The molecule has 0 fully saturated rings. The van der Waals surface area contributed by atoms with Gasteiger partial charge in [-0.15, -0.1) is 0 Å². The Morgan fingerprint density at radius 1 is 0.698 bits per heavy atom. The molecule has 0 spiro atoms. The number of carbonyl (C=O) groups is 2. The molecule has 0 aliphatic heterocycles. The first-order valence-electron chi connectivity index (χ1n) is 14.2. The van der Waals surface area contributed by atoms with E-state index < -0.39 is 11.7 Å². The summed E-state index contributed by atoms with van der Waals surface area (Å²) in [7, 11) is 0. The lowest BCUT2D eigenvalue weighted by molar-refractivity contribution is 0.0515. The SMILES string of the molecule is CCNC(=O)OC(C)(C)C.CCOc1nc(NCc2ccccc2)nc(Nc2ccc(CNC(=O)OC(C)(C)C)cc2)n1. The zero-order valence-electron chi connectivity index (χ0n) is 26.4. The third-order valence-corrected chi connectivity index (χ3v) is 4.95. The van der Waals surface area contributed by atoms with E-state index >= 15 is 0 Å². The molecule has 0 aliphatic carbocycles. The van der Waals surface area contributed by atoms with Crippen LogP contribution in [0.5, 0.6) is 6.01 Å². The number of ether oxygens (including phenoxy) is 3. The van der Waals surface area contributed by atoms with Crippen LogP contribution in [-0.2, 0) is 22.6 Å². The van der Waals surface area contributed by atoms with Crippen molar-refractivity contribution in [2.24, 2.45) is 0 Å². The van der Waals surface area contributed by atoms with E-state index in [0.717, 1.165) is 16.8 Å². The fraction of sp³-hybridized carbons (Fsp3) is 0.452. The third-order valence-electron chi connectivity index (χ3n) is 4.95. The molecule has 3 aromatic rings. The van der Waals surface area contributed by atoms with Gasteiger partial charge < -0.3 is 35.5 Å². The molecule has 43 heavy (non-hydrogen) atoms. The molecule has 0 atom stereocenters. The Balaban J connectivity index is 0.000000553. The molecule has 2 amide bonds. The Morgan fingerprint density at radius 2 is 1.26 bits per heavy atom. The van der Waals surface area contributed by atoms with Crippen molar-refractivity contribution in [2.45, 2.75) is 79.7 Å². The molecule has 234 valence electrons. The predicted octanol–water partition coefficient (Wildman–Crippen LogP) is 6.18. The van der Waals surface area contributed by atoms with Gasteiger partial charge in [0, 0.05) is 25.3 Å². The largest absolute Gasteiger partial charge is 0.464 e. The van der Waals surface area contributed by atoms with E-state index in [1.807, 2.05) is 110 Å². The minimum absolute atomic E-state index is 0.240. The quantitative estimate of drug-likeness (QED) is 0.214. The van der Waals surface area contributed by atoms with Crippen molar-refractivity contribution < 1.29 is 23.8 Å². The molecule has 0 saturated carbocycles. The Hall–Kier alpha value is -4.61. The Kier molecular flexibility index (Phi) is 13.5. The molecule has 1 heterocycles. The van der Waals surface area contributed by atoms with Gasteiger partial charge in [0.2, 0.25) is 11.9 Å². The van der Waals surface area contributed by atoms with E-state index in [9.17, 15) is 9.59 Å². The first kappa shape index (κ1) is 34.6. The molecule has 0 saturated heterocycles. The van der Waals surface area contributed by atoms with Gasteiger partial charge in [0.15, 0.2) is 0 Å². The number of hydrogen-bond acceptors (Lipinski definition) is 10. The Bertz CT molecular complexity index is 1270. The van der Waals surface area contributed by atoms with Crippen molar-refractivity contribution in [1.82, 2.24) is 25.6 Å². The van der Waals surface area contributed by atoms with Crippen LogP contribution in [0.25, 0.3) is 0 Å². The summed E-state index contributed by atoms with van der Waals surface area (Å²) in [6.45, 7) is 16.7. The Morgan fingerprint density at radius 3 is 1.81 bits per heavy atom. The first-order chi connectivity index (χ1) is 20.3. The Labute approximate surface area is 254 Å². The molecule has 3 rings (SSSR count). The van der Waals surface area contributed by atoms with Gasteiger partial charge in [0.25, 0.3) is 0 Å². The molecule has 12 heteroatoms. The number of aromatic nitrogens is 3. The molecule has 0 unspecified atom stereocenters. The van der Waals surface area contributed by atoms with E-state index in [0.29, 0.717) is 38.1 Å². The molecule has 1 aromatic heterocycles. The summed E-state index contributed by atoms with van der Waals surface area (Å²) in [6, 6.07) is 17.8. The molecular weight excluding hydrogens is 550 g/mol. The second-order valence-electron chi connectivity index (χ2n) is 11.2. The van der Waals surface area contributed by atoms with Crippen molar-refractivity contribution in [3.63, 3.8) is 0 Å². The highest BCUT2D eigenvalue weighted by molar-refractivity contribution is 5.68. The molecule has 0 radical (unpaired) electrons. The summed E-state index contributed by atoms with van der Waals surface area (Å²) in [5.74, 6) is 0.779. The number of alkyl carbamates (subject to hydrolysis) is 2. The van der Waals surface area contributed by atoms with Crippen molar-refractivity contribution in [1.29, 1.82) is 0 Å². The second kappa shape index (κ2) is 16.7. The molecular formula is C31H45N7O5. The molecule has 4 N–H and O–H groups in total. The van der Waals surface area contributed by atoms with Crippen molar-refractivity contribution in [3.05, 3.63) is 65.7 Å². The molecule has 12 nitrogen and oxygen atoms in total. The van der Waals surface area contributed by atoms with Gasteiger partial charge in [0.1, 0.15) is 11.2 Å². The van der Waals surface area contributed by atoms with Crippen LogP contribution in [0.4, 0.5) is 27.2 Å². The van der Waals surface area contributed by atoms with Gasteiger partial charge in [-0.2, -0.15) is 15.0 Å². The zero-order valence-corrected chi connectivity index (χ0v) is 26.4. The maximum atomic E-state index is 11.8. The number of hydrogen-bond donors (Lipinski definition) is 4. The molecule has 2 aromatic carbocycles. The van der Waals surface area contributed by atoms with E-state index in [-0.39, 0.29) is 17.7 Å². The van der Waals surface area contributed by atoms with Crippen molar-refractivity contribution in [2.75, 3.05) is 23.8 Å². The van der Waals surface area contributed by atoms with Crippen LogP contribution >= 0.6 is 0 Å². The highest BCUT2D eigenvalue weighted by atomic mass is 16.6. The summed E-state index contributed by atoms with van der Waals surface area (Å²) >= 11 is 0. The fourth-order valence-electron chi connectivity index (χ4n) is 3.24. The minimum atomic E-state index is -0.530. The van der Waals surface area contributed by atoms with Crippen molar-refractivity contribution in [3.8, 4) is 6.01 Å². The van der Waals surface area contributed by atoms with Crippen LogP contribution in [0.1, 0.15) is 66.5 Å². The van der Waals surface area contributed by atoms with Gasteiger partial charge in [-0.25, -0.2) is 9.59 Å². The minimum Gasteiger partial charge on any atom is -0.464 e. The van der Waals surface area contributed by atoms with Gasteiger partial charge in [0.05, 0.1) is 6.61 Å². The maximum Gasteiger partial charge on any atom is 0.407 e. The monoisotopic (exact) mass is 595 g/mol. The number of rotatable bonds is 10. The molecule has 0 bridgehead atoms. The van der Waals surface area contributed by atoms with Crippen LogP contribution in [0, 0.1) is 0 Å². The highest BCUT2D eigenvalue weighted by Crippen LogP contribution is 2.18. The smallest absolute Gasteiger partial charge is 0.407 e. The van der Waals surface area contributed by atoms with Gasteiger partial charge in [-0.3, -0.25) is 0 Å². The van der Waals surface area contributed by atoms with Gasteiger partial charge >= 0.3 is 18.2 Å². The lowest BCUT2D eigenvalue weighted by Crippen LogP contribution is -2.32. The highest BCUT2D eigenvalue weighted by Gasteiger charge is 2.16. The van der Waals surface area contributed by atoms with E-state index in [1.165, 1.54) is 0 Å². The third kappa shape index (κ3) is 15.3. The maximum absolute atomic E-state index is 11.8. The van der Waals surface area contributed by atoms with Crippen LogP contribution in [0.3, 0.4) is 0 Å². The van der Waals surface area contributed by atoms with Crippen LogP contribution in [0.2, 0.25) is 0 Å².